The van der Waals surface area contributed by atoms with Gasteiger partial charge in [0.25, 0.3) is 16.1 Å². The van der Waals surface area contributed by atoms with E-state index in [9.17, 15) is 18.0 Å². The van der Waals surface area contributed by atoms with Crippen molar-refractivity contribution in [3.63, 3.8) is 0 Å². The quantitative estimate of drug-likeness (QED) is 0.184. The second-order valence-corrected chi connectivity index (χ2v) is 9.89. The highest BCUT2D eigenvalue weighted by Gasteiger charge is 2.23. The van der Waals surface area contributed by atoms with Crippen LogP contribution in [0.25, 0.3) is 21.9 Å². The Morgan fingerprint density at radius 3 is 2.61 bits per heavy atom. The zero-order valence-electron chi connectivity index (χ0n) is 19.6. The summed E-state index contributed by atoms with van der Waals surface area (Å²) in [5, 5.41) is 12.5. The summed E-state index contributed by atoms with van der Waals surface area (Å²) in [4.78, 5) is 29.1. The number of benzene rings is 2. The van der Waals surface area contributed by atoms with Crippen molar-refractivity contribution < 1.29 is 22.4 Å². The van der Waals surface area contributed by atoms with Crippen molar-refractivity contribution in [1.29, 1.82) is 0 Å². The molecule has 0 radical (unpaired) electrons. The Balaban J connectivity index is 1.37. The predicted molar refractivity (Wildman–Crippen MR) is 137 cm³/mol. The van der Waals surface area contributed by atoms with E-state index in [1.165, 1.54) is 0 Å². The van der Waals surface area contributed by atoms with Gasteiger partial charge in [0.1, 0.15) is 11.6 Å². The van der Waals surface area contributed by atoms with Crippen molar-refractivity contribution in [2.24, 2.45) is 5.14 Å². The maximum absolute atomic E-state index is 13.0. The molecule has 0 saturated carbocycles. The van der Waals surface area contributed by atoms with Crippen molar-refractivity contribution >= 4 is 43.9 Å². The number of carbonyl (C=O) groups is 2. The molecule has 2 aromatic carbocycles. The number of furan rings is 1. The molecule has 2 aromatic heterocycles. The van der Waals surface area contributed by atoms with Crippen LogP contribution in [0, 0.1) is 0 Å². The zero-order chi connectivity index (χ0) is 25.5. The Labute approximate surface area is 208 Å². The minimum absolute atomic E-state index is 0.115. The summed E-state index contributed by atoms with van der Waals surface area (Å²) in [6, 6.07) is 16.0. The lowest BCUT2D eigenvalue weighted by Gasteiger charge is -2.18. The number of aromatic nitrogens is 1. The van der Waals surface area contributed by atoms with E-state index in [1.54, 1.807) is 12.1 Å². The second-order valence-electron chi connectivity index (χ2n) is 8.51. The maximum Gasteiger partial charge on any atom is 0.287 e. The minimum Gasteiger partial charge on any atom is -0.451 e. The highest BCUT2D eigenvalue weighted by Crippen LogP contribution is 2.19. The second kappa shape index (κ2) is 11.4. The van der Waals surface area contributed by atoms with E-state index >= 15 is 0 Å². The summed E-state index contributed by atoms with van der Waals surface area (Å²) in [5.41, 5.74) is 2.70. The number of nitrogens with two attached hydrogens (primary N) is 1. The van der Waals surface area contributed by atoms with Crippen LogP contribution < -0.4 is 20.5 Å². The third-order valence-corrected chi connectivity index (χ3v) is 6.47. The number of hydrogen-bond donors (Lipinski definition) is 5. The van der Waals surface area contributed by atoms with E-state index in [0.717, 1.165) is 21.9 Å². The van der Waals surface area contributed by atoms with Gasteiger partial charge in [0.15, 0.2) is 5.76 Å². The van der Waals surface area contributed by atoms with Gasteiger partial charge in [-0.1, -0.05) is 36.4 Å². The van der Waals surface area contributed by atoms with Gasteiger partial charge in [-0.25, -0.2) is 9.86 Å². The molecule has 0 saturated heterocycles. The lowest BCUT2D eigenvalue weighted by Crippen LogP contribution is -2.47. The van der Waals surface area contributed by atoms with E-state index in [0.29, 0.717) is 37.8 Å². The van der Waals surface area contributed by atoms with Gasteiger partial charge in [-0.05, 0) is 49.4 Å². The monoisotopic (exact) mass is 511 g/mol. The molecule has 0 spiro atoms. The van der Waals surface area contributed by atoms with Crippen LogP contribution in [0.2, 0.25) is 0 Å². The fourth-order valence-corrected chi connectivity index (χ4v) is 4.49. The molecule has 11 heteroatoms. The minimum atomic E-state index is -3.77. The Bertz CT molecular complexity index is 1430. The molecular formula is C25H29N5O5S. The largest absolute Gasteiger partial charge is 0.451 e. The number of fused-ring (bicyclic) bond motifs is 2. The van der Waals surface area contributed by atoms with Gasteiger partial charge in [0, 0.05) is 35.6 Å². The first-order valence-corrected chi connectivity index (χ1v) is 13.2. The number of para-hydroxylation sites is 2. The average Bonchev–Trinajstić information content (AvgIpc) is 3.47. The third-order valence-electron chi connectivity index (χ3n) is 5.86. The molecule has 6 N–H and O–H groups in total. The van der Waals surface area contributed by atoms with Crippen LogP contribution in [0.5, 0.6) is 0 Å². The Kier molecular flexibility index (Phi) is 8.04. The highest BCUT2D eigenvalue weighted by atomic mass is 32.2. The topological polar surface area (TPSA) is 159 Å². The maximum atomic E-state index is 13.0. The SMILES string of the molecule is NS(=O)(=O)NCCCCC(NC(=O)c1cc2ccccc2o1)C(=O)NCCc1c[nH]c2ccccc12. The van der Waals surface area contributed by atoms with Crippen LogP contribution in [-0.2, 0) is 21.4 Å². The highest BCUT2D eigenvalue weighted by molar-refractivity contribution is 7.87. The van der Waals surface area contributed by atoms with E-state index in [2.05, 4.69) is 20.3 Å². The number of hydrogen-bond acceptors (Lipinski definition) is 5. The lowest BCUT2D eigenvalue weighted by molar-refractivity contribution is -0.123. The van der Waals surface area contributed by atoms with Crippen LogP contribution in [0.3, 0.4) is 0 Å². The summed E-state index contributed by atoms with van der Waals surface area (Å²) in [7, 11) is -3.77. The van der Waals surface area contributed by atoms with Crippen LogP contribution in [0.1, 0.15) is 35.4 Å². The number of unbranched alkanes of at least 4 members (excludes halogenated alkanes) is 1. The molecule has 1 atom stereocenters. The number of carbonyl (C=O) groups excluding carboxylic acids is 2. The van der Waals surface area contributed by atoms with E-state index in [1.807, 2.05) is 48.7 Å². The lowest BCUT2D eigenvalue weighted by atomic mass is 10.1. The molecule has 4 aromatic rings. The average molecular weight is 512 g/mol. The summed E-state index contributed by atoms with van der Waals surface area (Å²) < 4.78 is 29.9. The number of rotatable bonds is 12. The number of aromatic amines is 1. The number of H-pyrrole nitrogens is 1. The summed E-state index contributed by atoms with van der Waals surface area (Å²) >= 11 is 0. The molecule has 1 unspecified atom stereocenters. The van der Waals surface area contributed by atoms with Gasteiger partial charge in [-0.3, -0.25) is 9.59 Å². The van der Waals surface area contributed by atoms with Crippen molar-refractivity contribution in [2.45, 2.75) is 31.7 Å². The fraction of sp³-hybridized carbons (Fsp3) is 0.280. The van der Waals surface area contributed by atoms with Crippen molar-refractivity contribution in [3.8, 4) is 0 Å². The number of amides is 2. The summed E-state index contributed by atoms with van der Waals surface area (Å²) in [6.07, 6.45) is 3.81. The zero-order valence-corrected chi connectivity index (χ0v) is 20.4. The molecule has 0 aliphatic heterocycles. The molecule has 0 aliphatic rings. The molecule has 0 aliphatic carbocycles. The molecule has 0 fully saturated rings. The van der Waals surface area contributed by atoms with Crippen molar-refractivity contribution in [3.05, 3.63) is 72.1 Å². The summed E-state index contributed by atoms with van der Waals surface area (Å²) in [6.45, 7) is 0.538. The van der Waals surface area contributed by atoms with E-state index in [4.69, 9.17) is 9.56 Å². The van der Waals surface area contributed by atoms with Crippen LogP contribution >= 0.6 is 0 Å². The molecule has 10 nitrogen and oxygen atoms in total. The smallest absolute Gasteiger partial charge is 0.287 e. The molecule has 36 heavy (non-hydrogen) atoms. The van der Waals surface area contributed by atoms with Gasteiger partial charge < -0.3 is 20.0 Å². The molecule has 0 bridgehead atoms. The van der Waals surface area contributed by atoms with Crippen molar-refractivity contribution in [1.82, 2.24) is 20.3 Å². The van der Waals surface area contributed by atoms with Crippen LogP contribution in [0.4, 0.5) is 0 Å². The Morgan fingerprint density at radius 2 is 1.81 bits per heavy atom. The van der Waals surface area contributed by atoms with Gasteiger partial charge in [-0.2, -0.15) is 8.42 Å². The molecule has 4 rings (SSSR count). The van der Waals surface area contributed by atoms with Crippen LogP contribution in [-0.4, -0.2) is 44.3 Å². The van der Waals surface area contributed by atoms with Crippen LogP contribution in [0.15, 0.2) is 65.2 Å². The Morgan fingerprint density at radius 1 is 1.03 bits per heavy atom. The van der Waals surface area contributed by atoms with Gasteiger partial charge >= 0.3 is 0 Å². The predicted octanol–water partition coefficient (Wildman–Crippen LogP) is 2.33. The molecule has 190 valence electrons. The van der Waals surface area contributed by atoms with Gasteiger partial charge in [0.2, 0.25) is 5.91 Å². The normalized spacial score (nSPS) is 12.6. The summed E-state index contributed by atoms with van der Waals surface area (Å²) in [5.74, 6) is -0.701. The van der Waals surface area contributed by atoms with E-state index in [-0.39, 0.29) is 18.2 Å². The van der Waals surface area contributed by atoms with Crippen molar-refractivity contribution in [2.75, 3.05) is 13.1 Å². The van der Waals surface area contributed by atoms with Gasteiger partial charge in [-0.15, -0.1) is 0 Å². The Hall–Kier alpha value is -3.67. The third kappa shape index (κ3) is 6.72. The standard InChI is InChI=1S/C25H29N5O5S/c26-36(33,34)29-13-6-5-10-21(30-25(32)23-15-17-7-1-4-11-22(17)35-23)24(31)27-14-12-18-16-28-20-9-3-2-8-19(18)20/h1-4,7-9,11,15-16,21,28-29H,5-6,10,12-14H2,(H,27,31)(H,30,32)(H2,26,33,34). The molecular weight excluding hydrogens is 482 g/mol. The first-order valence-electron chi connectivity index (χ1n) is 11.7. The first kappa shape index (κ1) is 25.4. The van der Waals surface area contributed by atoms with E-state index < -0.39 is 22.2 Å². The molecule has 2 heterocycles. The number of nitrogens with one attached hydrogen (secondary N) is 4. The molecule has 2 amide bonds. The first-order chi connectivity index (χ1) is 17.3. The van der Waals surface area contributed by atoms with Gasteiger partial charge in [0.05, 0.1) is 0 Å². The fourth-order valence-electron chi connectivity index (χ4n) is 4.06.